The van der Waals surface area contributed by atoms with Crippen molar-refractivity contribution in [2.24, 2.45) is 0 Å². The first-order valence-electron chi connectivity index (χ1n) is 6.60. The van der Waals surface area contributed by atoms with Gasteiger partial charge in [-0.05, 0) is 25.7 Å². The normalized spacial score (nSPS) is 10.1. The lowest BCUT2D eigenvalue weighted by atomic mass is 10.1. The van der Waals surface area contributed by atoms with Crippen molar-refractivity contribution in [1.82, 2.24) is 0 Å². The maximum Gasteiger partial charge on any atom is 0.300 e. The molecule has 0 saturated carbocycles. The minimum atomic E-state index is -0.833. The zero-order valence-corrected chi connectivity index (χ0v) is 11.3. The van der Waals surface area contributed by atoms with Gasteiger partial charge in [0.15, 0.2) is 0 Å². The summed E-state index contributed by atoms with van der Waals surface area (Å²) < 4.78 is 0. The minimum Gasteiger partial charge on any atom is -0.481 e. The first-order chi connectivity index (χ1) is 8.15. The molecule has 0 aliphatic heterocycles. The highest BCUT2D eigenvalue weighted by atomic mass is 16.4. The van der Waals surface area contributed by atoms with Crippen molar-refractivity contribution in [3.8, 4) is 0 Å². The van der Waals surface area contributed by atoms with Crippen molar-refractivity contribution < 1.29 is 15.0 Å². The molecule has 3 nitrogen and oxygen atoms in total. The average Bonchev–Trinajstić information content (AvgIpc) is 2.26. The fourth-order valence-electron chi connectivity index (χ4n) is 1.37. The third-order valence-electron chi connectivity index (χ3n) is 2.18. The molecule has 2 N–H and O–H groups in total. The van der Waals surface area contributed by atoms with E-state index in [2.05, 4.69) is 19.1 Å². The quantitative estimate of drug-likeness (QED) is 0.479. The van der Waals surface area contributed by atoms with Crippen LogP contribution in [0.2, 0.25) is 0 Å². The number of carboxylic acid groups (broad SMARTS) is 1. The van der Waals surface area contributed by atoms with Gasteiger partial charge in [0, 0.05) is 13.5 Å². The van der Waals surface area contributed by atoms with Gasteiger partial charge in [0.25, 0.3) is 5.97 Å². The van der Waals surface area contributed by atoms with Crippen LogP contribution in [-0.2, 0) is 4.79 Å². The molecule has 0 bridgehead atoms. The van der Waals surface area contributed by atoms with E-state index >= 15 is 0 Å². The Labute approximate surface area is 106 Å². The summed E-state index contributed by atoms with van der Waals surface area (Å²) in [6, 6.07) is 0. The molecule has 0 aliphatic carbocycles. The largest absolute Gasteiger partial charge is 0.481 e. The maximum absolute atomic E-state index is 9.00. The van der Waals surface area contributed by atoms with Crippen LogP contribution in [0.4, 0.5) is 0 Å². The lowest BCUT2D eigenvalue weighted by Gasteiger charge is -1.98. The Bertz CT molecular complexity index is 172. The number of allylic oxidation sites excluding steroid dienone is 2. The molecule has 0 amide bonds. The summed E-state index contributed by atoms with van der Waals surface area (Å²) in [5, 5.41) is 16.0. The van der Waals surface area contributed by atoms with Crippen molar-refractivity contribution in [1.29, 1.82) is 0 Å². The Morgan fingerprint density at radius 3 is 1.94 bits per heavy atom. The topological polar surface area (TPSA) is 57.5 Å². The highest BCUT2D eigenvalue weighted by Crippen LogP contribution is 2.07. The van der Waals surface area contributed by atoms with Crippen LogP contribution in [0, 0.1) is 0 Å². The summed E-state index contributed by atoms with van der Waals surface area (Å²) in [6.07, 6.45) is 14.4. The van der Waals surface area contributed by atoms with E-state index in [9.17, 15) is 0 Å². The molecule has 0 aliphatic rings. The maximum atomic E-state index is 9.00. The van der Waals surface area contributed by atoms with Gasteiger partial charge in [-0.25, -0.2) is 0 Å². The number of aliphatic hydroxyl groups is 1. The van der Waals surface area contributed by atoms with E-state index in [1.807, 2.05) is 0 Å². The Morgan fingerprint density at radius 2 is 1.47 bits per heavy atom. The van der Waals surface area contributed by atoms with Gasteiger partial charge in [-0.1, -0.05) is 44.8 Å². The van der Waals surface area contributed by atoms with Gasteiger partial charge in [0.2, 0.25) is 0 Å². The highest BCUT2D eigenvalue weighted by molar-refractivity contribution is 5.62. The molecule has 0 atom stereocenters. The van der Waals surface area contributed by atoms with E-state index in [1.165, 1.54) is 38.5 Å². The van der Waals surface area contributed by atoms with Gasteiger partial charge >= 0.3 is 0 Å². The molecule has 0 aromatic rings. The summed E-state index contributed by atoms with van der Waals surface area (Å²) in [5.41, 5.74) is 0. The number of hydrogen-bond acceptors (Lipinski definition) is 2. The molecule has 17 heavy (non-hydrogen) atoms. The zero-order valence-electron chi connectivity index (χ0n) is 11.3. The van der Waals surface area contributed by atoms with Gasteiger partial charge in [0.05, 0.1) is 0 Å². The Morgan fingerprint density at radius 1 is 1.00 bits per heavy atom. The van der Waals surface area contributed by atoms with E-state index in [0.717, 1.165) is 19.8 Å². The van der Waals surface area contributed by atoms with Gasteiger partial charge < -0.3 is 10.2 Å². The van der Waals surface area contributed by atoms with Gasteiger partial charge in [-0.3, -0.25) is 4.79 Å². The Hall–Kier alpha value is -0.830. The van der Waals surface area contributed by atoms with Crippen molar-refractivity contribution in [3.05, 3.63) is 12.2 Å². The van der Waals surface area contributed by atoms with Crippen LogP contribution in [-0.4, -0.2) is 22.8 Å². The van der Waals surface area contributed by atoms with Crippen LogP contribution in [0.15, 0.2) is 12.2 Å². The SMILES string of the molecule is CC(=O)O.CCC=CCCCCCCCCO. The second-order valence-corrected chi connectivity index (χ2v) is 4.03. The molecule has 0 rings (SSSR count). The van der Waals surface area contributed by atoms with Crippen molar-refractivity contribution >= 4 is 5.97 Å². The van der Waals surface area contributed by atoms with E-state index in [1.54, 1.807) is 0 Å². The van der Waals surface area contributed by atoms with E-state index < -0.39 is 5.97 Å². The molecular weight excluding hydrogens is 216 g/mol. The molecule has 0 heterocycles. The van der Waals surface area contributed by atoms with Crippen LogP contribution in [0.3, 0.4) is 0 Å². The Kier molecular flexibility index (Phi) is 19.1. The lowest BCUT2D eigenvalue weighted by Crippen LogP contribution is -1.83. The fraction of sp³-hybridized carbons (Fsp3) is 0.786. The van der Waals surface area contributed by atoms with Crippen LogP contribution in [0.25, 0.3) is 0 Å². The molecular formula is C14H28O3. The highest BCUT2D eigenvalue weighted by Gasteiger charge is 1.89. The third-order valence-corrected chi connectivity index (χ3v) is 2.18. The van der Waals surface area contributed by atoms with E-state index in [-0.39, 0.29) is 0 Å². The van der Waals surface area contributed by atoms with E-state index in [0.29, 0.717) is 6.61 Å². The standard InChI is InChI=1S/C12H24O.C2H4O2/c1-2-3-4-5-6-7-8-9-10-11-12-13;1-2(3)4/h3-4,13H,2,5-12H2,1H3;1H3,(H,3,4). The predicted octanol–water partition coefficient (Wildman–Crippen LogP) is 3.77. The first kappa shape index (κ1) is 18.5. The lowest BCUT2D eigenvalue weighted by molar-refractivity contribution is -0.134. The first-order valence-corrected chi connectivity index (χ1v) is 6.60. The van der Waals surface area contributed by atoms with Crippen LogP contribution < -0.4 is 0 Å². The fourth-order valence-corrected chi connectivity index (χ4v) is 1.37. The summed E-state index contributed by atoms with van der Waals surface area (Å²) in [5.74, 6) is -0.833. The van der Waals surface area contributed by atoms with Gasteiger partial charge in [0.1, 0.15) is 0 Å². The summed E-state index contributed by atoms with van der Waals surface area (Å²) in [6.45, 7) is 3.62. The summed E-state index contributed by atoms with van der Waals surface area (Å²) >= 11 is 0. The average molecular weight is 244 g/mol. The molecule has 0 spiro atoms. The predicted molar refractivity (Wildman–Crippen MR) is 72.1 cm³/mol. The number of carbonyl (C=O) groups is 1. The van der Waals surface area contributed by atoms with Crippen LogP contribution >= 0.6 is 0 Å². The van der Waals surface area contributed by atoms with Crippen molar-refractivity contribution in [2.45, 2.75) is 65.2 Å². The van der Waals surface area contributed by atoms with Gasteiger partial charge in [-0.15, -0.1) is 0 Å². The molecule has 0 aromatic heterocycles. The molecule has 0 fully saturated rings. The number of rotatable bonds is 9. The number of aliphatic carboxylic acids is 1. The van der Waals surface area contributed by atoms with Gasteiger partial charge in [-0.2, -0.15) is 0 Å². The summed E-state index contributed by atoms with van der Waals surface area (Å²) in [4.78, 5) is 9.00. The number of hydrogen-bond donors (Lipinski definition) is 2. The monoisotopic (exact) mass is 244 g/mol. The zero-order chi connectivity index (χ0) is 13.4. The van der Waals surface area contributed by atoms with E-state index in [4.69, 9.17) is 15.0 Å². The molecule has 3 heteroatoms. The minimum absolute atomic E-state index is 0.360. The molecule has 0 unspecified atom stereocenters. The smallest absolute Gasteiger partial charge is 0.300 e. The van der Waals surface area contributed by atoms with Crippen molar-refractivity contribution in [3.63, 3.8) is 0 Å². The van der Waals surface area contributed by atoms with Crippen molar-refractivity contribution in [2.75, 3.05) is 6.61 Å². The molecule has 0 aromatic carbocycles. The molecule has 102 valence electrons. The number of aliphatic hydroxyl groups excluding tert-OH is 1. The Balaban J connectivity index is 0. The number of carboxylic acids is 1. The third kappa shape index (κ3) is 31.3. The second kappa shape index (κ2) is 17.6. The molecule has 0 saturated heterocycles. The summed E-state index contributed by atoms with van der Waals surface area (Å²) in [7, 11) is 0. The number of unbranched alkanes of at least 4 members (excludes halogenated alkanes) is 6. The molecule has 0 radical (unpaired) electrons. The second-order valence-electron chi connectivity index (χ2n) is 4.03. The van der Waals surface area contributed by atoms with Crippen LogP contribution in [0.5, 0.6) is 0 Å². The van der Waals surface area contributed by atoms with Crippen LogP contribution in [0.1, 0.15) is 65.2 Å².